The van der Waals surface area contributed by atoms with E-state index in [9.17, 15) is 4.79 Å². The zero-order valence-electron chi connectivity index (χ0n) is 10.0. The van der Waals surface area contributed by atoms with Crippen LogP contribution in [0.25, 0.3) is 0 Å². The Balaban J connectivity index is 1.98. The van der Waals surface area contributed by atoms with Crippen LogP contribution in [0.1, 0.15) is 22.0 Å². The van der Waals surface area contributed by atoms with Gasteiger partial charge in [0, 0.05) is 11.6 Å². The molecule has 2 heterocycles. The van der Waals surface area contributed by atoms with Crippen molar-refractivity contribution in [1.29, 1.82) is 0 Å². The highest BCUT2D eigenvalue weighted by molar-refractivity contribution is 7.13. The second-order valence-corrected chi connectivity index (χ2v) is 4.34. The van der Waals surface area contributed by atoms with Crippen LogP contribution in [0.15, 0.2) is 17.6 Å². The van der Waals surface area contributed by atoms with Gasteiger partial charge in [-0.15, -0.1) is 11.3 Å². The number of nitrogens with zero attached hydrogens (tertiary/aromatic N) is 3. The summed E-state index contributed by atoms with van der Waals surface area (Å²) in [5.74, 6) is 0.292. The van der Waals surface area contributed by atoms with Crippen molar-refractivity contribution >= 4 is 22.4 Å². The smallest absolute Gasteiger partial charge is 0.357 e. The zero-order valence-corrected chi connectivity index (χ0v) is 10.8. The molecule has 0 amide bonds. The molecule has 18 heavy (non-hydrogen) atoms. The summed E-state index contributed by atoms with van der Waals surface area (Å²) in [6.07, 6.45) is 1.71. The van der Waals surface area contributed by atoms with Crippen molar-refractivity contribution < 1.29 is 9.53 Å². The van der Waals surface area contributed by atoms with Crippen LogP contribution in [0.4, 0.5) is 5.13 Å². The molecule has 2 aromatic heterocycles. The molecule has 0 spiro atoms. The molecular formula is C11H12N4O2S. The summed E-state index contributed by atoms with van der Waals surface area (Å²) in [4.78, 5) is 23.6. The van der Waals surface area contributed by atoms with Crippen molar-refractivity contribution in [3.63, 3.8) is 0 Å². The summed E-state index contributed by atoms with van der Waals surface area (Å²) in [5.41, 5.74) is 1.18. The Labute approximate surface area is 108 Å². The Morgan fingerprint density at radius 2 is 2.33 bits per heavy atom. The lowest BCUT2D eigenvalue weighted by Gasteiger charge is -2.02. The molecule has 7 heteroatoms. The van der Waals surface area contributed by atoms with Gasteiger partial charge in [0.1, 0.15) is 5.82 Å². The lowest BCUT2D eigenvalue weighted by atomic mass is 10.4. The van der Waals surface area contributed by atoms with Crippen LogP contribution in [0.5, 0.6) is 0 Å². The van der Waals surface area contributed by atoms with Gasteiger partial charge in [-0.05, 0) is 13.0 Å². The zero-order chi connectivity index (χ0) is 13.0. The van der Waals surface area contributed by atoms with Gasteiger partial charge in [0.05, 0.1) is 19.3 Å². The van der Waals surface area contributed by atoms with E-state index in [1.165, 1.54) is 18.4 Å². The first-order valence-corrected chi connectivity index (χ1v) is 6.13. The number of ether oxygens (including phenoxy) is 1. The largest absolute Gasteiger partial charge is 0.464 e. The first-order valence-electron chi connectivity index (χ1n) is 5.25. The number of rotatable bonds is 4. The predicted octanol–water partition coefficient (Wildman–Crippen LogP) is 1.64. The number of carbonyl (C=O) groups excluding carboxylic acids is 1. The molecule has 0 atom stereocenters. The minimum atomic E-state index is -0.433. The highest BCUT2D eigenvalue weighted by Gasteiger charge is 2.10. The number of aryl methyl sites for hydroxylation is 1. The summed E-state index contributed by atoms with van der Waals surface area (Å²) >= 11 is 1.35. The molecule has 2 rings (SSSR count). The summed E-state index contributed by atoms with van der Waals surface area (Å²) in [6, 6.07) is 1.83. The van der Waals surface area contributed by atoms with E-state index in [0.717, 1.165) is 11.5 Å². The Kier molecular flexibility index (Phi) is 3.83. The number of esters is 1. The van der Waals surface area contributed by atoms with E-state index < -0.39 is 5.97 Å². The van der Waals surface area contributed by atoms with Crippen molar-refractivity contribution in [2.45, 2.75) is 13.5 Å². The Bertz CT molecular complexity index is 555. The van der Waals surface area contributed by atoms with E-state index in [1.54, 1.807) is 11.6 Å². The fourth-order valence-electron chi connectivity index (χ4n) is 1.32. The van der Waals surface area contributed by atoms with Gasteiger partial charge in [0.15, 0.2) is 10.8 Å². The summed E-state index contributed by atoms with van der Waals surface area (Å²) in [5, 5.41) is 5.41. The van der Waals surface area contributed by atoms with Crippen LogP contribution < -0.4 is 5.32 Å². The third-order valence-corrected chi connectivity index (χ3v) is 2.95. The highest BCUT2D eigenvalue weighted by Crippen LogP contribution is 2.16. The molecule has 0 aliphatic heterocycles. The summed E-state index contributed by atoms with van der Waals surface area (Å²) < 4.78 is 4.58. The molecule has 0 bridgehead atoms. The van der Waals surface area contributed by atoms with Crippen molar-refractivity contribution in [2.24, 2.45) is 0 Å². The van der Waals surface area contributed by atoms with Crippen molar-refractivity contribution in [2.75, 3.05) is 12.4 Å². The van der Waals surface area contributed by atoms with Crippen molar-refractivity contribution in [3.8, 4) is 0 Å². The van der Waals surface area contributed by atoms with Crippen LogP contribution in [0, 0.1) is 6.92 Å². The maximum atomic E-state index is 11.2. The normalized spacial score (nSPS) is 10.1. The molecule has 0 unspecified atom stereocenters. The van der Waals surface area contributed by atoms with Gasteiger partial charge in [0.25, 0.3) is 0 Å². The number of thiazole rings is 1. The molecule has 0 aliphatic carbocycles. The summed E-state index contributed by atoms with van der Waals surface area (Å²) in [6.45, 7) is 2.37. The number of nitrogens with one attached hydrogen (secondary N) is 1. The molecule has 0 saturated carbocycles. The first-order chi connectivity index (χ1) is 8.69. The predicted molar refractivity (Wildman–Crippen MR) is 67.5 cm³/mol. The van der Waals surface area contributed by atoms with Crippen molar-refractivity contribution in [3.05, 3.63) is 34.9 Å². The average molecular weight is 264 g/mol. The highest BCUT2D eigenvalue weighted by atomic mass is 32.1. The van der Waals surface area contributed by atoms with Crippen LogP contribution in [-0.2, 0) is 11.3 Å². The number of hydrogen-bond acceptors (Lipinski definition) is 7. The number of methoxy groups -OCH3 is 1. The van der Waals surface area contributed by atoms with Gasteiger partial charge in [-0.1, -0.05) is 0 Å². The monoisotopic (exact) mass is 264 g/mol. The average Bonchev–Trinajstić information content (AvgIpc) is 2.84. The van der Waals surface area contributed by atoms with Gasteiger partial charge >= 0.3 is 5.97 Å². The van der Waals surface area contributed by atoms with E-state index in [2.05, 4.69) is 25.0 Å². The second kappa shape index (κ2) is 5.54. The van der Waals surface area contributed by atoms with E-state index >= 15 is 0 Å². The molecule has 94 valence electrons. The van der Waals surface area contributed by atoms with E-state index in [-0.39, 0.29) is 0 Å². The van der Waals surface area contributed by atoms with Crippen LogP contribution in [0.3, 0.4) is 0 Å². The molecular weight excluding hydrogens is 252 g/mol. The number of anilines is 1. The number of aromatic nitrogens is 3. The minimum absolute atomic E-state index is 0.309. The lowest BCUT2D eigenvalue weighted by Crippen LogP contribution is -2.04. The Hall–Kier alpha value is -2.02. The molecule has 0 aliphatic rings. The quantitative estimate of drug-likeness (QED) is 0.846. The van der Waals surface area contributed by atoms with Gasteiger partial charge in [-0.3, -0.25) is 0 Å². The topological polar surface area (TPSA) is 77.0 Å². The van der Waals surface area contributed by atoms with Gasteiger partial charge in [0.2, 0.25) is 0 Å². The maximum Gasteiger partial charge on any atom is 0.357 e. The van der Waals surface area contributed by atoms with E-state index in [0.29, 0.717) is 17.4 Å². The number of carbonyl (C=O) groups is 1. The standard InChI is InChI=1S/C11H12N4O2S/c1-7-12-4-3-8(14-7)5-13-11-15-9(6-18-11)10(16)17-2/h3-4,6H,5H2,1-2H3,(H,13,15). The molecule has 0 fully saturated rings. The summed E-state index contributed by atoms with van der Waals surface area (Å²) in [7, 11) is 1.33. The number of hydrogen-bond donors (Lipinski definition) is 1. The molecule has 0 radical (unpaired) electrons. The van der Waals surface area contributed by atoms with Gasteiger partial charge < -0.3 is 10.1 Å². The maximum absolute atomic E-state index is 11.2. The third kappa shape index (κ3) is 3.01. The van der Waals surface area contributed by atoms with E-state index in [4.69, 9.17) is 0 Å². The van der Waals surface area contributed by atoms with Crippen LogP contribution >= 0.6 is 11.3 Å². The van der Waals surface area contributed by atoms with Gasteiger partial charge in [-0.25, -0.2) is 19.7 Å². The Morgan fingerprint density at radius 1 is 1.50 bits per heavy atom. The second-order valence-electron chi connectivity index (χ2n) is 3.48. The van der Waals surface area contributed by atoms with Crippen LogP contribution in [-0.4, -0.2) is 28.0 Å². The molecule has 1 N–H and O–H groups in total. The minimum Gasteiger partial charge on any atom is -0.464 e. The molecule has 2 aromatic rings. The molecule has 0 saturated heterocycles. The molecule has 6 nitrogen and oxygen atoms in total. The third-order valence-electron chi connectivity index (χ3n) is 2.15. The SMILES string of the molecule is COC(=O)c1csc(NCc2ccnc(C)n2)n1. The lowest BCUT2D eigenvalue weighted by molar-refractivity contribution is 0.0595. The van der Waals surface area contributed by atoms with E-state index in [1.807, 2.05) is 13.0 Å². The molecule has 0 aromatic carbocycles. The fourth-order valence-corrected chi connectivity index (χ4v) is 2.00. The Morgan fingerprint density at radius 3 is 3.06 bits per heavy atom. The first kappa shape index (κ1) is 12.4. The van der Waals surface area contributed by atoms with Crippen molar-refractivity contribution in [1.82, 2.24) is 15.0 Å². The van der Waals surface area contributed by atoms with Gasteiger partial charge in [-0.2, -0.15) is 0 Å². The van der Waals surface area contributed by atoms with Crippen LogP contribution in [0.2, 0.25) is 0 Å². The fraction of sp³-hybridized carbons (Fsp3) is 0.273.